The molecule has 1 fully saturated rings. The van der Waals surface area contributed by atoms with Gasteiger partial charge >= 0.3 is 5.69 Å². The first kappa shape index (κ1) is 21.0. The van der Waals surface area contributed by atoms with Gasteiger partial charge in [-0.2, -0.15) is 4.98 Å². The van der Waals surface area contributed by atoms with E-state index in [2.05, 4.69) is 9.88 Å². The second kappa shape index (κ2) is 8.46. The van der Waals surface area contributed by atoms with Gasteiger partial charge in [0.15, 0.2) is 11.2 Å². The van der Waals surface area contributed by atoms with Crippen molar-refractivity contribution in [3.05, 3.63) is 45.1 Å². The summed E-state index contributed by atoms with van der Waals surface area (Å²) < 4.78 is 15.0. The van der Waals surface area contributed by atoms with E-state index >= 15 is 0 Å². The van der Waals surface area contributed by atoms with Gasteiger partial charge in [-0.1, -0.05) is 0 Å². The van der Waals surface area contributed by atoms with E-state index in [1.807, 2.05) is 0 Å². The molecular formula is C21H27N5O5. The number of aryl methyl sites for hydroxylation is 1. The van der Waals surface area contributed by atoms with Crippen LogP contribution in [0.2, 0.25) is 0 Å². The Morgan fingerprint density at radius 1 is 1.06 bits per heavy atom. The Morgan fingerprint density at radius 3 is 2.35 bits per heavy atom. The number of methoxy groups -OCH3 is 1. The lowest BCUT2D eigenvalue weighted by Gasteiger charge is -2.20. The number of hydrogen-bond donors (Lipinski definition) is 1. The molecule has 1 N–H and O–H groups in total. The van der Waals surface area contributed by atoms with E-state index in [0.717, 1.165) is 36.2 Å². The number of aromatic nitrogens is 4. The van der Waals surface area contributed by atoms with E-state index in [4.69, 9.17) is 9.47 Å². The van der Waals surface area contributed by atoms with Crippen LogP contribution in [-0.2, 0) is 20.6 Å². The lowest BCUT2D eigenvalue weighted by atomic mass is 10.3. The Bertz CT molecular complexity index is 1190. The average Bonchev–Trinajstić information content (AvgIpc) is 3.43. The molecule has 0 saturated carbocycles. The first-order valence-corrected chi connectivity index (χ1v) is 10.3. The average molecular weight is 429 g/mol. The van der Waals surface area contributed by atoms with Crippen LogP contribution < -0.4 is 25.6 Å². The number of fused-ring (bicyclic) bond motifs is 1. The van der Waals surface area contributed by atoms with Crippen molar-refractivity contribution in [3.8, 4) is 11.5 Å². The van der Waals surface area contributed by atoms with Crippen LogP contribution in [0.4, 0.5) is 5.95 Å². The summed E-state index contributed by atoms with van der Waals surface area (Å²) in [5.41, 5.74) is -0.244. The number of nitrogens with zero attached hydrogens (tertiary/aromatic N) is 5. The summed E-state index contributed by atoms with van der Waals surface area (Å²) in [6.45, 7) is 1.79. The fourth-order valence-electron chi connectivity index (χ4n) is 3.89. The third-order valence-electron chi connectivity index (χ3n) is 5.61. The molecule has 4 rings (SSSR count). The number of benzene rings is 1. The van der Waals surface area contributed by atoms with Crippen molar-refractivity contribution in [1.82, 2.24) is 18.7 Å². The monoisotopic (exact) mass is 429 g/mol. The smallest absolute Gasteiger partial charge is 0.332 e. The number of ether oxygens (including phenoxy) is 2. The molecule has 0 radical (unpaired) electrons. The molecule has 0 bridgehead atoms. The topological polar surface area (TPSA) is 104 Å². The van der Waals surface area contributed by atoms with E-state index in [1.165, 1.54) is 11.6 Å². The molecule has 1 aliphatic rings. The SMILES string of the molecule is COc1ccc(OCC(O)Cn2c(N3CCCC3)nc3c2c(=O)n(C)c(=O)n3C)cc1. The molecule has 1 unspecified atom stereocenters. The Morgan fingerprint density at radius 2 is 1.71 bits per heavy atom. The van der Waals surface area contributed by atoms with Crippen LogP contribution in [0.5, 0.6) is 11.5 Å². The van der Waals surface area contributed by atoms with Gasteiger partial charge in [0.2, 0.25) is 5.95 Å². The highest BCUT2D eigenvalue weighted by Crippen LogP contribution is 2.24. The maximum atomic E-state index is 12.9. The molecule has 0 aliphatic carbocycles. The van der Waals surface area contributed by atoms with Gasteiger partial charge in [-0.3, -0.25) is 13.9 Å². The van der Waals surface area contributed by atoms with E-state index in [9.17, 15) is 14.7 Å². The highest BCUT2D eigenvalue weighted by Gasteiger charge is 2.25. The number of aliphatic hydroxyl groups excluding tert-OH is 1. The maximum Gasteiger partial charge on any atom is 0.332 e. The van der Waals surface area contributed by atoms with Gasteiger partial charge in [0, 0.05) is 27.2 Å². The maximum absolute atomic E-state index is 12.9. The van der Waals surface area contributed by atoms with Crippen LogP contribution >= 0.6 is 0 Å². The van der Waals surface area contributed by atoms with Crippen LogP contribution in [0.1, 0.15) is 12.8 Å². The van der Waals surface area contributed by atoms with Crippen LogP contribution in [0, 0.1) is 0 Å². The summed E-state index contributed by atoms with van der Waals surface area (Å²) in [7, 11) is 4.63. The fraction of sp³-hybridized carbons (Fsp3) is 0.476. The zero-order valence-corrected chi connectivity index (χ0v) is 17.9. The summed E-state index contributed by atoms with van der Waals surface area (Å²) in [6, 6.07) is 7.08. The Kier molecular flexibility index (Phi) is 5.73. The molecule has 1 aliphatic heterocycles. The van der Waals surface area contributed by atoms with Gasteiger partial charge in [-0.25, -0.2) is 4.79 Å². The number of imidazole rings is 1. The number of rotatable bonds is 7. The quantitative estimate of drug-likeness (QED) is 0.583. The molecule has 10 heteroatoms. The summed E-state index contributed by atoms with van der Waals surface area (Å²) in [4.78, 5) is 32.0. The highest BCUT2D eigenvalue weighted by molar-refractivity contribution is 5.74. The Balaban J connectivity index is 1.65. The van der Waals surface area contributed by atoms with Crippen LogP contribution in [0.3, 0.4) is 0 Å². The molecule has 0 amide bonds. The van der Waals surface area contributed by atoms with Gasteiger partial charge in [0.25, 0.3) is 5.56 Å². The summed E-state index contributed by atoms with van der Waals surface area (Å²) in [6.07, 6.45) is 1.18. The number of hydrogen-bond acceptors (Lipinski definition) is 7. The molecule has 31 heavy (non-hydrogen) atoms. The van der Waals surface area contributed by atoms with Crippen molar-refractivity contribution in [3.63, 3.8) is 0 Å². The molecule has 10 nitrogen and oxygen atoms in total. The molecule has 3 aromatic rings. The highest BCUT2D eigenvalue weighted by atomic mass is 16.5. The number of aliphatic hydroxyl groups is 1. The predicted molar refractivity (Wildman–Crippen MR) is 116 cm³/mol. The Labute approximate surface area is 178 Å². The van der Waals surface area contributed by atoms with Crippen molar-refractivity contribution in [2.45, 2.75) is 25.5 Å². The molecule has 1 saturated heterocycles. The van der Waals surface area contributed by atoms with Gasteiger partial charge in [-0.05, 0) is 37.1 Å². The minimum Gasteiger partial charge on any atom is -0.497 e. The van der Waals surface area contributed by atoms with Crippen molar-refractivity contribution in [2.75, 3.05) is 31.7 Å². The zero-order chi connectivity index (χ0) is 22.1. The van der Waals surface area contributed by atoms with Crippen molar-refractivity contribution in [2.24, 2.45) is 14.1 Å². The summed E-state index contributed by atoms with van der Waals surface area (Å²) in [5.74, 6) is 1.91. The van der Waals surface area contributed by atoms with E-state index in [-0.39, 0.29) is 13.2 Å². The predicted octanol–water partition coefficient (Wildman–Crippen LogP) is 0.482. The second-order valence-corrected chi connectivity index (χ2v) is 7.73. The van der Waals surface area contributed by atoms with Crippen LogP contribution in [-0.4, -0.2) is 56.7 Å². The third kappa shape index (κ3) is 3.90. The van der Waals surface area contributed by atoms with Gasteiger partial charge in [0.1, 0.15) is 24.2 Å². The minimum atomic E-state index is -0.886. The molecule has 2 aromatic heterocycles. The lowest BCUT2D eigenvalue weighted by molar-refractivity contribution is 0.0936. The van der Waals surface area contributed by atoms with Crippen molar-refractivity contribution < 1.29 is 14.6 Å². The standard InChI is InChI=1S/C21H27N5O5/c1-23-18-17(19(28)24(2)21(23)29)26(20(22-18)25-10-4-5-11-25)12-14(27)13-31-16-8-6-15(30-3)7-9-16/h6-9,14,27H,4-5,10-13H2,1-3H3. The zero-order valence-electron chi connectivity index (χ0n) is 17.9. The molecule has 1 aromatic carbocycles. The first-order chi connectivity index (χ1) is 14.9. The van der Waals surface area contributed by atoms with Gasteiger partial charge in [-0.15, -0.1) is 0 Å². The molecule has 0 spiro atoms. The van der Waals surface area contributed by atoms with Crippen LogP contribution in [0.15, 0.2) is 33.9 Å². The summed E-state index contributed by atoms with van der Waals surface area (Å²) in [5, 5.41) is 10.7. The molecule has 1 atom stereocenters. The van der Waals surface area contributed by atoms with Crippen molar-refractivity contribution in [1.29, 1.82) is 0 Å². The Hall–Kier alpha value is -3.27. The first-order valence-electron chi connectivity index (χ1n) is 10.3. The van der Waals surface area contributed by atoms with E-state index in [0.29, 0.717) is 22.9 Å². The second-order valence-electron chi connectivity index (χ2n) is 7.73. The van der Waals surface area contributed by atoms with Gasteiger partial charge < -0.3 is 24.0 Å². The lowest BCUT2D eigenvalue weighted by Crippen LogP contribution is -2.38. The number of anilines is 1. The normalized spacial score (nSPS) is 14.9. The summed E-state index contributed by atoms with van der Waals surface area (Å²) >= 11 is 0. The van der Waals surface area contributed by atoms with E-state index < -0.39 is 17.4 Å². The molecule has 3 heterocycles. The largest absolute Gasteiger partial charge is 0.497 e. The van der Waals surface area contributed by atoms with Gasteiger partial charge in [0.05, 0.1) is 13.7 Å². The van der Waals surface area contributed by atoms with E-state index in [1.54, 1.807) is 43.0 Å². The fourth-order valence-corrected chi connectivity index (χ4v) is 3.89. The molecular weight excluding hydrogens is 402 g/mol. The third-order valence-corrected chi connectivity index (χ3v) is 5.61. The van der Waals surface area contributed by atoms with Crippen LogP contribution in [0.25, 0.3) is 11.2 Å². The minimum absolute atomic E-state index is 0.0392. The molecule has 166 valence electrons. The van der Waals surface area contributed by atoms with Crippen molar-refractivity contribution >= 4 is 17.1 Å².